The van der Waals surface area contributed by atoms with E-state index in [1.807, 2.05) is 6.07 Å². The summed E-state index contributed by atoms with van der Waals surface area (Å²) in [6.07, 6.45) is 0. The monoisotopic (exact) mass is 663 g/mol. The Bertz CT molecular complexity index is 3090. The van der Waals surface area contributed by atoms with Gasteiger partial charge in [0.1, 0.15) is 0 Å². The predicted molar refractivity (Wildman–Crippen MR) is 217 cm³/mol. The van der Waals surface area contributed by atoms with Crippen LogP contribution in [0.15, 0.2) is 164 Å². The molecule has 244 valence electrons. The summed E-state index contributed by atoms with van der Waals surface area (Å²) in [5.74, 6) is 0.723. The van der Waals surface area contributed by atoms with E-state index in [-0.39, 0.29) is 5.41 Å². The molecule has 0 aliphatic heterocycles. The normalized spacial score (nSPS) is 13.3. The van der Waals surface area contributed by atoms with E-state index in [0.29, 0.717) is 0 Å². The van der Waals surface area contributed by atoms with Crippen LogP contribution in [0.25, 0.3) is 93.7 Å². The topological polar surface area (TPSA) is 30.7 Å². The quantitative estimate of drug-likeness (QED) is 0.188. The fraction of sp³-hybridized carbons (Fsp3) is 0.0612. The fourth-order valence-corrected chi connectivity index (χ4v) is 9.03. The van der Waals surface area contributed by atoms with Gasteiger partial charge in [0.05, 0.1) is 27.9 Å². The van der Waals surface area contributed by atoms with Gasteiger partial charge in [-0.2, -0.15) is 0 Å². The molecule has 0 fully saturated rings. The Labute approximate surface area is 301 Å². The molecule has 0 amide bonds. The Hall–Kier alpha value is -6.58. The van der Waals surface area contributed by atoms with Crippen LogP contribution in [0.4, 0.5) is 0 Å². The van der Waals surface area contributed by atoms with Gasteiger partial charge in [0.25, 0.3) is 0 Å². The van der Waals surface area contributed by atoms with E-state index in [4.69, 9.17) is 9.97 Å². The van der Waals surface area contributed by atoms with Crippen molar-refractivity contribution < 1.29 is 0 Å². The zero-order chi connectivity index (χ0) is 34.6. The number of hydrogen-bond donors (Lipinski definition) is 0. The van der Waals surface area contributed by atoms with Gasteiger partial charge in [-0.05, 0) is 68.7 Å². The summed E-state index contributed by atoms with van der Waals surface area (Å²) in [5.41, 5.74) is 12.8. The second kappa shape index (κ2) is 10.7. The molecule has 10 aromatic rings. The van der Waals surface area contributed by atoms with Crippen LogP contribution in [-0.2, 0) is 5.41 Å². The number of rotatable bonds is 3. The maximum atomic E-state index is 5.33. The van der Waals surface area contributed by atoms with Gasteiger partial charge in [0.2, 0.25) is 0 Å². The lowest BCUT2D eigenvalue weighted by atomic mass is 9.80. The van der Waals surface area contributed by atoms with Gasteiger partial charge < -0.3 is 4.57 Å². The molecule has 3 heteroatoms. The summed E-state index contributed by atoms with van der Waals surface area (Å²) >= 11 is 0. The first-order chi connectivity index (χ1) is 25.6. The molecular weight excluding hydrogens is 631 g/mol. The molecule has 0 spiro atoms. The van der Waals surface area contributed by atoms with E-state index in [1.165, 1.54) is 54.8 Å². The number of aromatic nitrogens is 3. The summed E-state index contributed by atoms with van der Waals surface area (Å²) < 4.78 is 2.48. The Balaban J connectivity index is 1.21. The van der Waals surface area contributed by atoms with Crippen LogP contribution in [0.5, 0.6) is 0 Å². The molecule has 0 saturated carbocycles. The van der Waals surface area contributed by atoms with E-state index in [1.54, 1.807) is 0 Å². The van der Waals surface area contributed by atoms with Crippen molar-refractivity contribution in [3.05, 3.63) is 175 Å². The first-order valence-corrected chi connectivity index (χ1v) is 18.0. The van der Waals surface area contributed by atoms with Gasteiger partial charge in [-0.3, -0.25) is 0 Å². The van der Waals surface area contributed by atoms with E-state index >= 15 is 0 Å². The van der Waals surface area contributed by atoms with Crippen molar-refractivity contribution in [2.75, 3.05) is 0 Å². The zero-order valence-electron chi connectivity index (χ0n) is 28.9. The molecule has 52 heavy (non-hydrogen) atoms. The molecule has 2 heterocycles. The SMILES string of the molecule is CC1(C)c2cc3c(cc2-c2ccc4ccccc4c21)c1ccccc1n3-c1cccc2cccc(-c3nc(-c4ccccc4)c4ccccc4n3)c12. The average molecular weight is 664 g/mol. The first-order valence-electron chi connectivity index (χ1n) is 18.0. The van der Waals surface area contributed by atoms with E-state index < -0.39 is 0 Å². The Morgan fingerprint density at radius 2 is 1.19 bits per heavy atom. The predicted octanol–water partition coefficient (Wildman–Crippen LogP) is 12.7. The molecule has 0 atom stereocenters. The lowest BCUT2D eigenvalue weighted by molar-refractivity contribution is 0.667. The number of fused-ring (bicyclic) bond motifs is 10. The fourth-order valence-electron chi connectivity index (χ4n) is 9.03. The smallest absolute Gasteiger partial charge is 0.161 e. The van der Waals surface area contributed by atoms with Gasteiger partial charge in [0, 0.05) is 38.1 Å². The second-order valence-electron chi connectivity index (χ2n) is 14.6. The summed E-state index contributed by atoms with van der Waals surface area (Å²) in [4.78, 5) is 10.6. The van der Waals surface area contributed by atoms with Crippen molar-refractivity contribution in [2.45, 2.75) is 19.3 Å². The largest absolute Gasteiger partial charge is 0.309 e. The summed E-state index contributed by atoms with van der Waals surface area (Å²) in [6.45, 7) is 4.78. The van der Waals surface area contributed by atoms with Crippen LogP contribution < -0.4 is 0 Å². The third-order valence-electron chi connectivity index (χ3n) is 11.3. The number of benzene rings is 8. The second-order valence-corrected chi connectivity index (χ2v) is 14.6. The third kappa shape index (κ3) is 4.02. The van der Waals surface area contributed by atoms with Crippen molar-refractivity contribution >= 4 is 54.3 Å². The highest BCUT2D eigenvalue weighted by Gasteiger charge is 2.38. The molecule has 0 radical (unpaired) electrons. The van der Waals surface area contributed by atoms with Gasteiger partial charge in [-0.1, -0.05) is 147 Å². The number of nitrogens with zero attached hydrogens (tertiary/aromatic N) is 3. The van der Waals surface area contributed by atoms with Crippen molar-refractivity contribution in [3.8, 4) is 39.5 Å². The van der Waals surface area contributed by atoms with Crippen LogP contribution in [0.2, 0.25) is 0 Å². The summed E-state index contributed by atoms with van der Waals surface area (Å²) in [7, 11) is 0. The van der Waals surface area contributed by atoms with Crippen molar-refractivity contribution in [1.29, 1.82) is 0 Å². The molecule has 0 bridgehead atoms. The van der Waals surface area contributed by atoms with Crippen molar-refractivity contribution in [2.24, 2.45) is 0 Å². The highest BCUT2D eigenvalue weighted by atomic mass is 15.0. The summed E-state index contributed by atoms with van der Waals surface area (Å²) in [5, 5.41) is 8.46. The van der Waals surface area contributed by atoms with E-state index in [2.05, 4.69) is 176 Å². The number of para-hydroxylation sites is 2. The first kappa shape index (κ1) is 29.2. The van der Waals surface area contributed by atoms with Crippen LogP contribution in [0.1, 0.15) is 25.0 Å². The molecule has 0 saturated heterocycles. The van der Waals surface area contributed by atoms with Crippen LogP contribution in [-0.4, -0.2) is 14.5 Å². The summed E-state index contributed by atoms with van der Waals surface area (Å²) in [6, 6.07) is 59.2. The molecule has 8 aromatic carbocycles. The minimum atomic E-state index is -0.169. The van der Waals surface area contributed by atoms with Crippen molar-refractivity contribution in [1.82, 2.24) is 14.5 Å². The average Bonchev–Trinajstić information content (AvgIpc) is 3.64. The molecule has 3 nitrogen and oxygen atoms in total. The minimum Gasteiger partial charge on any atom is -0.309 e. The molecule has 2 aromatic heterocycles. The van der Waals surface area contributed by atoms with Crippen molar-refractivity contribution in [3.63, 3.8) is 0 Å². The van der Waals surface area contributed by atoms with Gasteiger partial charge in [-0.25, -0.2) is 9.97 Å². The Kier molecular flexibility index (Phi) is 6.01. The number of hydrogen-bond acceptors (Lipinski definition) is 2. The van der Waals surface area contributed by atoms with E-state index in [0.717, 1.165) is 50.0 Å². The van der Waals surface area contributed by atoms with Gasteiger partial charge in [-0.15, -0.1) is 0 Å². The lowest BCUT2D eigenvalue weighted by Crippen LogP contribution is -2.15. The highest BCUT2D eigenvalue weighted by molar-refractivity contribution is 6.14. The lowest BCUT2D eigenvalue weighted by Gasteiger charge is -2.23. The standard InChI is InChI=1S/C49H33N3/c1-49(2)40-29-44-39(28-38(40)35-27-26-30-14-6-7-19-33(30)46(35)49)34-20-9-11-24-42(34)52(44)43-25-13-18-31-17-12-22-37(45(31)43)48-50-41-23-10-8-21-36(41)47(51-48)32-15-4-3-5-16-32/h3-29H,1-2H3. The van der Waals surface area contributed by atoms with E-state index in [9.17, 15) is 0 Å². The zero-order valence-corrected chi connectivity index (χ0v) is 28.9. The van der Waals surface area contributed by atoms with Gasteiger partial charge >= 0.3 is 0 Å². The maximum Gasteiger partial charge on any atom is 0.161 e. The molecule has 0 N–H and O–H groups in total. The Morgan fingerprint density at radius 3 is 2.06 bits per heavy atom. The highest BCUT2D eigenvalue weighted by Crippen LogP contribution is 2.53. The van der Waals surface area contributed by atoms with Crippen LogP contribution >= 0.6 is 0 Å². The molecule has 11 rings (SSSR count). The molecule has 1 aliphatic carbocycles. The van der Waals surface area contributed by atoms with Crippen LogP contribution in [0.3, 0.4) is 0 Å². The maximum absolute atomic E-state index is 5.33. The van der Waals surface area contributed by atoms with Gasteiger partial charge in [0.15, 0.2) is 5.82 Å². The third-order valence-corrected chi connectivity index (χ3v) is 11.3. The molecule has 0 unspecified atom stereocenters. The van der Waals surface area contributed by atoms with Crippen LogP contribution in [0, 0.1) is 0 Å². The molecular formula is C49H33N3. The Morgan fingerprint density at radius 1 is 0.481 bits per heavy atom. The minimum absolute atomic E-state index is 0.169. The molecule has 1 aliphatic rings.